The van der Waals surface area contributed by atoms with Crippen molar-refractivity contribution in [1.82, 2.24) is 0 Å². The Bertz CT molecular complexity index is 1120. The van der Waals surface area contributed by atoms with Crippen molar-refractivity contribution in [3.63, 3.8) is 0 Å². The predicted octanol–water partition coefficient (Wildman–Crippen LogP) is 4.62. The molecule has 0 spiro atoms. The minimum absolute atomic E-state index is 0.169. The summed E-state index contributed by atoms with van der Waals surface area (Å²) < 4.78 is 20.1. The second-order valence-electron chi connectivity index (χ2n) is 8.41. The zero-order valence-electron chi connectivity index (χ0n) is 20.9. The zero-order chi connectivity index (χ0) is 26.1. The first-order chi connectivity index (χ1) is 17.3. The van der Waals surface area contributed by atoms with Crippen LogP contribution in [0.5, 0.6) is 11.5 Å². The van der Waals surface area contributed by atoms with E-state index in [9.17, 15) is 14.4 Å². The fourth-order valence-electron chi connectivity index (χ4n) is 3.96. The molecule has 0 saturated heterocycles. The average molecular weight is 491 g/mol. The molecule has 1 unspecified atom stereocenters. The molecule has 1 atom stereocenters. The highest BCUT2D eigenvalue weighted by atomic mass is 16.6. The van der Waals surface area contributed by atoms with Crippen LogP contribution in [0.3, 0.4) is 0 Å². The summed E-state index contributed by atoms with van der Waals surface area (Å²) in [7, 11) is 2.70. The number of rotatable bonds is 10. The molecule has 0 saturated carbocycles. The first-order valence-corrected chi connectivity index (χ1v) is 11.5. The van der Waals surface area contributed by atoms with Crippen molar-refractivity contribution in [2.24, 2.45) is 0 Å². The first-order valence-electron chi connectivity index (χ1n) is 11.5. The molecular formula is C29H30O7. The Morgan fingerprint density at radius 1 is 0.694 bits per heavy atom. The van der Waals surface area contributed by atoms with Gasteiger partial charge in [0.25, 0.3) is 0 Å². The van der Waals surface area contributed by atoms with Gasteiger partial charge in [0, 0.05) is 18.8 Å². The number of esters is 3. The third kappa shape index (κ3) is 6.50. The Morgan fingerprint density at radius 2 is 1.17 bits per heavy atom. The van der Waals surface area contributed by atoms with E-state index in [1.165, 1.54) is 21.1 Å². The second kappa shape index (κ2) is 12.0. The van der Waals surface area contributed by atoms with Gasteiger partial charge in [-0.2, -0.15) is 0 Å². The molecule has 0 radical (unpaired) electrons. The molecule has 7 heteroatoms. The highest BCUT2D eigenvalue weighted by Gasteiger charge is 2.31. The van der Waals surface area contributed by atoms with E-state index in [0.717, 1.165) is 22.3 Å². The number of carbonyl (C=O) groups excluding carboxylic acids is 3. The fraction of sp³-hybridized carbons (Fsp3) is 0.276. The minimum Gasteiger partial charge on any atom is -0.482 e. The first kappa shape index (κ1) is 26.5. The van der Waals surface area contributed by atoms with Crippen LogP contribution in [-0.2, 0) is 35.7 Å². The standard InChI is InChI=1S/C29H30O7/c1-20(30)36-26-16-12-24(13-17-26)29(2,22-8-5-21(6-9-22)7-18-27(31)33-3)23-10-14-25(15-11-23)35-19-28(32)34-4/h5-6,8-17H,7,18-19H2,1-4H3. The van der Waals surface area contributed by atoms with Crippen LogP contribution in [0, 0.1) is 0 Å². The lowest BCUT2D eigenvalue weighted by Crippen LogP contribution is -2.25. The van der Waals surface area contributed by atoms with E-state index < -0.39 is 11.4 Å². The maximum Gasteiger partial charge on any atom is 0.343 e. The fourth-order valence-corrected chi connectivity index (χ4v) is 3.96. The molecule has 0 aromatic heterocycles. The van der Waals surface area contributed by atoms with E-state index in [0.29, 0.717) is 24.3 Å². The highest BCUT2D eigenvalue weighted by Crippen LogP contribution is 2.40. The third-order valence-corrected chi connectivity index (χ3v) is 6.09. The van der Waals surface area contributed by atoms with Crippen molar-refractivity contribution >= 4 is 17.9 Å². The second-order valence-corrected chi connectivity index (χ2v) is 8.41. The topological polar surface area (TPSA) is 88.1 Å². The van der Waals surface area contributed by atoms with Crippen LogP contribution in [0.2, 0.25) is 0 Å². The van der Waals surface area contributed by atoms with Crippen molar-refractivity contribution in [3.05, 3.63) is 95.1 Å². The molecule has 3 aromatic carbocycles. The van der Waals surface area contributed by atoms with Crippen LogP contribution >= 0.6 is 0 Å². The summed E-state index contributed by atoms with van der Waals surface area (Å²) in [6.07, 6.45) is 0.907. The maximum absolute atomic E-state index is 11.5. The van der Waals surface area contributed by atoms with Crippen LogP contribution in [0.15, 0.2) is 72.8 Å². The number of hydrogen-bond acceptors (Lipinski definition) is 7. The van der Waals surface area contributed by atoms with E-state index in [4.69, 9.17) is 14.2 Å². The number of aryl methyl sites for hydroxylation is 1. The SMILES string of the molecule is COC(=O)CCc1ccc(C(C)(c2ccc(OCC(=O)OC)cc2)c2ccc(OC(C)=O)cc2)cc1. The smallest absolute Gasteiger partial charge is 0.343 e. The van der Waals surface area contributed by atoms with Gasteiger partial charge in [-0.3, -0.25) is 9.59 Å². The van der Waals surface area contributed by atoms with Crippen LogP contribution in [0.4, 0.5) is 0 Å². The summed E-state index contributed by atoms with van der Waals surface area (Å²) in [6, 6.07) is 23.1. The largest absolute Gasteiger partial charge is 0.482 e. The lowest BCUT2D eigenvalue weighted by atomic mass is 9.71. The van der Waals surface area contributed by atoms with Gasteiger partial charge in [0.05, 0.1) is 14.2 Å². The molecule has 3 aromatic rings. The van der Waals surface area contributed by atoms with Crippen molar-refractivity contribution in [3.8, 4) is 11.5 Å². The Kier molecular flexibility index (Phi) is 8.84. The average Bonchev–Trinajstić information content (AvgIpc) is 2.90. The molecule has 7 nitrogen and oxygen atoms in total. The van der Waals surface area contributed by atoms with Crippen molar-refractivity contribution in [2.45, 2.75) is 32.1 Å². The van der Waals surface area contributed by atoms with Crippen molar-refractivity contribution in [1.29, 1.82) is 0 Å². The lowest BCUT2D eigenvalue weighted by Gasteiger charge is -2.32. The van der Waals surface area contributed by atoms with Gasteiger partial charge in [0.2, 0.25) is 0 Å². The normalized spacial score (nSPS) is 12.2. The molecule has 0 fully saturated rings. The molecule has 0 amide bonds. The van der Waals surface area contributed by atoms with Gasteiger partial charge in [-0.1, -0.05) is 48.5 Å². The Labute approximate surface area is 210 Å². The number of ether oxygens (including phenoxy) is 4. The quantitative estimate of drug-likeness (QED) is 0.233. The minimum atomic E-state index is -0.559. The molecule has 0 aliphatic heterocycles. The van der Waals surface area contributed by atoms with Crippen LogP contribution < -0.4 is 9.47 Å². The van der Waals surface area contributed by atoms with Gasteiger partial charge >= 0.3 is 17.9 Å². The van der Waals surface area contributed by atoms with Crippen LogP contribution in [-0.4, -0.2) is 38.7 Å². The Hall–Kier alpha value is -4.13. The molecule has 0 aliphatic rings. The summed E-state index contributed by atoms with van der Waals surface area (Å²) in [4.78, 5) is 34.3. The van der Waals surface area contributed by atoms with Gasteiger partial charge < -0.3 is 18.9 Å². The molecular weight excluding hydrogens is 460 g/mol. The number of carbonyl (C=O) groups is 3. The van der Waals surface area contributed by atoms with Crippen molar-refractivity contribution in [2.75, 3.05) is 20.8 Å². The maximum atomic E-state index is 11.5. The highest BCUT2D eigenvalue weighted by molar-refractivity contribution is 5.71. The van der Waals surface area contributed by atoms with Crippen LogP contribution in [0.1, 0.15) is 42.5 Å². The lowest BCUT2D eigenvalue weighted by molar-refractivity contribution is -0.143. The summed E-state index contributed by atoms with van der Waals surface area (Å²) in [5, 5.41) is 0. The van der Waals surface area contributed by atoms with Crippen molar-refractivity contribution < 1.29 is 33.3 Å². The Balaban J connectivity index is 1.96. The molecule has 0 bridgehead atoms. The van der Waals surface area contributed by atoms with Gasteiger partial charge in [0.1, 0.15) is 11.5 Å². The molecule has 188 valence electrons. The molecule has 3 rings (SSSR count). The van der Waals surface area contributed by atoms with E-state index in [-0.39, 0.29) is 18.5 Å². The van der Waals surface area contributed by atoms with E-state index in [2.05, 4.69) is 11.7 Å². The molecule has 0 heterocycles. The number of hydrogen-bond donors (Lipinski definition) is 0. The Morgan fingerprint density at radius 3 is 1.64 bits per heavy atom. The molecule has 0 N–H and O–H groups in total. The predicted molar refractivity (Wildman–Crippen MR) is 134 cm³/mol. The summed E-state index contributed by atoms with van der Waals surface area (Å²) in [6.45, 7) is 3.31. The van der Waals surface area contributed by atoms with E-state index >= 15 is 0 Å². The monoisotopic (exact) mass is 490 g/mol. The van der Waals surface area contributed by atoms with Crippen LogP contribution in [0.25, 0.3) is 0 Å². The summed E-state index contributed by atoms with van der Waals surface area (Å²) in [5.74, 6) is -0.0563. The molecule has 0 aliphatic carbocycles. The molecule has 36 heavy (non-hydrogen) atoms. The number of benzene rings is 3. The summed E-state index contributed by atoms with van der Waals surface area (Å²) >= 11 is 0. The number of methoxy groups -OCH3 is 2. The van der Waals surface area contributed by atoms with Gasteiger partial charge in [-0.25, -0.2) is 4.79 Å². The van der Waals surface area contributed by atoms with Gasteiger partial charge in [0.15, 0.2) is 6.61 Å². The van der Waals surface area contributed by atoms with Gasteiger partial charge in [-0.05, 0) is 59.9 Å². The zero-order valence-corrected chi connectivity index (χ0v) is 20.9. The third-order valence-electron chi connectivity index (χ3n) is 6.09. The van der Waals surface area contributed by atoms with Gasteiger partial charge in [-0.15, -0.1) is 0 Å². The van der Waals surface area contributed by atoms with E-state index in [1.807, 2.05) is 60.7 Å². The van der Waals surface area contributed by atoms with E-state index in [1.54, 1.807) is 12.1 Å². The summed E-state index contributed by atoms with van der Waals surface area (Å²) in [5.41, 5.74) is 3.49.